The molecule has 1 unspecified atom stereocenters. The van der Waals surface area contributed by atoms with Gasteiger partial charge in [-0.15, -0.1) is 11.3 Å². The Morgan fingerprint density at radius 3 is 2.64 bits per heavy atom. The van der Waals surface area contributed by atoms with Crippen molar-refractivity contribution >= 4 is 28.9 Å². The van der Waals surface area contributed by atoms with Crippen LogP contribution < -0.4 is 5.32 Å². The summed E-state index contributed by atoms with van der Waals surface area (Å²) in [4.78, 5) is 25.0. The van der Waals surface area contributed by atoms with E-state index in [0.29, 0.717) is 42.2 Å². The Kier molecular flexibility index (Phi) is 6.66. The van der Waals surface area contributed by atoms with Crippen LogP contribution in [0.4, 0.5) is 20.4 Å². The molecule has 0 bridgehead atoms. The number of nitrogens with zero attached hydrogens (tertiary/aromatic N) is 3. The highest BCUT2D eigenvalue weighted by molar-refractivity contribution is 7.15. The predicted octanol–water partition coefficient (Wildman–Crippen LogP) is 5.38. The van der Waals surface area contributed by atoms with Gasteiger partial charge in [0.2, 0.25) is 0 Å². The summed E-state index contributed by atoms with van der Waals surface area (Å²) in [6.07, 6.45) is 2.72. The lowest BCUT2D eigenvalue weighted by Crippen LogP contribution is -2.35. The first kappa shape index (κ1) is 23.2. The van der Waals surface area contributed by atoms with Crippen molar-refractivity contribution in [1.82, 2.24) is 15.0 Å². The largest absolute Gasteiger partial charge is 0.481 e. The van der Waals surface area contributed by atoms with Gasteiger partial charge in [-0.3, -0.25) is 4.79 Å². The van der Waals surface area contributed by atoms with Crippen molar-refractivity contribution in [2.45, 2.75) is 44.6 Å². The number of carboxylic acid groups (broad SMARTS) is 1. The van der Waals surface area contributed by atoms with E-state index in [1.54, 1.807) is 31.3 Å². The third kappa shape index (κ3) is 5.17. The molecule has 0 radical (unpaired) electrons. The van der Waals surface area contributed by atoms with Crippen LogP contribution in [0.2, 0.25) is 0 Å². The molecule has 1 aliphatic rings. The molecular weight excluding hydrogens is 450 g/mol. The standard InChI is InChI=1S/C23H24F2N4O3S/c1-23(32,15-7-5-13(6-8-15)21(30)31)22-27-12-17(33-22)16-3-2-4-18(28-16)29-19-11-14(20(24)25)9-10-26-19/h2-4,9-13,15,20,32H,5-8H2,1H3,(H,30,31)(H,26,28,29). The number of rotatable bonds is 7. The summed E-state index contributed by atoms with van der Waals surface area (Å²) in [5, 5.41) is 23.9. The van der Waals surface area contributed by atoms with E-state index in [1.807, 2.05) is 0 Å². The number of hydrogen-bond acceptors (Lipinski definition) is 7. The molecule has 3 N–H and O–H groups in total. The van der Waals surface area contributed by atoms with Gasteiger partial charge in [0, 0.05) is 18.0 Å². The second-order valence-electron chi connectivity index (χ2n) is 8.37. The topological polar surface area (TPSA) is 108 Å². The minimum atomic E-state index is -2.59. The molecule has 33 heavy (non-hydrogen) atoms. The van der Waals surface area contributed by atoms with Gasteiger partial charge < -0.3 is 15.5 Å². The molecule has 0 saturated heterocycles. The van der Waals surface area contributed by atoms with Gasteiger partial charge in [-0.1, -0.05) is 6.07 Å². The summed E-state index contributed by atoms with van der Waals surface area (Å²) in [6, 6.07) is 7.84. The first-order valence-corrected chi connectivity index (χ1v) is 11.5. The van der Waals surface area contributed by atoms with Crippen molar-refractivity contribution in [3.05, 3.63) is 53.3 Å². The van der Waals surface area contributed by atoms with Gasteiger partial charge in [-0.05, 0) is 62.8 Å². The molecule has 3 aromatic heterocycles. The van der Waals surface area contributed by atoms with E-state index in [9.17, 15) is 23.8 Å². The first-order valence-electron chi connectivity index (χ1n) is 10.6. The van der Waals surface area contributed by atoms with Gasteiger partial charge in [0.15, 0.2) is 0 Å². The van der Waals surface area contributed by atoms with Crippen molar-refractivity contribution in [2.24, 2.45) is 11.8 Å². The molecule has 10 heteroatoms. The SMILES string of the molecule is CC(O)(c1ncc(-c2cccc(Nc3cc(C(F)F)ccn3)n2)s1)C1CCC(C(=O)O)CC1. The van der Waals surface area contributed by atoms with Gasteiger partial charge in [-0.25, -0.2) is 23.7 Å². The molecule has 1 aliphatic carbocycles. The molecule has 0 aromatic carbocycles. The van der Waals surface area contributed by atoms with Crippen LogP contribution in [-0.4, -0.2) is 31.1 Å². The Hall–Kier alpha value is -2.98. The molecule has 3 heterocycles. The normalized spacial score (nSPS) is 20.4. The number of pyridine rings is 2. The molecule has 4 rings (SSSR count). The molecular formula is C23H24F2N4O3S. The highest BCUT2D eigenvalue weighted by Crippen LogP contribution is 2.43. The summed E-state index contributed by atoms with van der Waals surface area (Å²) in [5.41, 5.74) is -0.670. The third-order valence-corrected chi connectivity index (χ3v) is 7.35. The van der Waals surface area contributed by atoms with Crippen LogP contribution in [0.3, 0.4) is 0 Å². The van der Waals surface area contributed by atoms with Gasteiger partial charge in [0.25, 0.3) is 6.43 Å². The van der Waals surface area contributed by atoms with Crippen molar-refractivity contribution in [3.63, 3.8) is 0 Å². The van der Waals surface area contributed by atoms with E-state index >= 15 is 0 Å². The van der Waals surface area contributed by atoms with E-state index in [-0.39, 0.29) is 23.2 Å². The Balaban J connectivity index is 1.49. The Morgan fingerprint density at radius 1 is 1.18 bits per heavy atom. The number of halogens is 2. The number of carboxylic acids is 1. The molecule has 3 aromatic rings. The lowest BCUT2D eigenvalue weighted by atomic mass is 9.74. The van der Waals surface area contributed by atoms with Gasteiger partial charge in [0.05, 0.1) is 16.5 Å². The van der Waals surface area contributed by atoms with Crippen LogP contribution in [0.25, 0.3) is 10.6 Å². The number of aliphatic hydroxyl groups is 1. The van der Waals surface area contributed by atoms with Crippen LogP contribution >= 0.6 is 11.3 Å². The number of carbonyl (C=O) groups is 1. The Bertz CT molecular complexity index is 1130. The van der Waals surface area contributed by atoms with Crippen molar-refractivity contribution in [1.29, 1.82) is 0 Å². The van der Waals surface area contributed by atoms with E-state index in [4.69, 9.17) is 0 Å². The smallest absolute Gasteiger partial charge is 0.306 e. The van der Waals surface area contributed by atoms with Crippen LogP contribution in [0.5, 0.6) is 0 Å². The van der Waals surface area contributed by atoms with Crippen LogP contribution in [-0.2, 0) is 10.4 Å². The number of aliphatic carboxylic acids is 1. The summed E-state index contributed by atoms with van der Waals surface area (Å²) in [5.74, 6) is -0.483. The fourth-order valence-electron chi connectivity index (χ4n) is 4.13. The van der Waals surface area contributed by atoms with Crippen molar-refractivity contribution in [2.75, 3.05) is 5.32 Å². The third-order valence-electron chi connectivity index (χ3n) is 6.10. The van der Waals surface area contributed by atoms with Crippen LogP contribution in [0.15, 0.2) is 42.7 Å². The molecule has 7 nitrogen and oxygen atoms in total. The lowest BCUT2D eigenvalue weighted by Gasteiger charge is -2.35. The highest BCUT2D eigenvalue weighted by atomic mass is 32.1. The lowest BCUT2D eigenvalue weighted by molar-refractivity contribution is -0.144. The van der Waals surface area contributed by atoms with Gasteiger partial charge >= 0.3 is 5.97 Å². The Labute approximate surface area is 193 Å². The maximum atomic E-state index is 12.9. The van der Waals surface area contributed by atoms with Crippen molar-refractivity contribution < 1.29 is 23.8 Å². The Morgan fingerprint density at radius 2 is 1.94 bits per heavy atom. The number of nitrogens with one attached hydrogen (secondary N) is 1. The highest BCUT2D eigenvalue weighted by Gasteiger charge is 2.40. The second kappa shape index (κ2) is 9.48. The number of aromatic nitrogens is 3. The molecule has 1 saturated carbocycles. The minimum Gasteiger partial charge on any atom is -0.481 e. The molecule has 1 fully saturated rings. The minimum absolute atomic E-state index is 0.0683. The quantitative estimate of drug-likeness (QED) is 0.422. The number of hydrogen-bond donors (Lipinski definition) is 3. The fourth-order valence-corrected chi connectivity index (χ4v) is 5.14. The van der Waals surface area contributed by atoms with Gasteiger partial charge in [-0.2, -0.15) is 0 Å². The summed E-state index contributed by atoms with van der Waals surface area (Å²) < 4.78 is 25.9. The van der Waals surface area contributed by atoms with E-state index < -0.39 is 18.0 Å². The zero-order valence-electron chi connectivity index (χ0n) is 17.9. The average molecular weight is 475 g/mol. The fraction of sp³-hybridized carbons (Fsp3) is 0.391. The number of thiazole rings is 1. The maximum Gasteiger partial charge on any atom is 0.306 e. The number of alkyl halides is 2. The van der Waals surface area contributed by atoms with Crippen molar-refractivity contribution in [3.8, 4) is 10.6 Å². The molecule has 0 spiro atoms. The molecule has 174 valence electrons. The average Bonchev–Trinajstić information content (AvgIpc) is 3.31. The summed E-state index contributed by atoms with van der Waals surface area (Å²) in [6.45, 7) is 1.73. The van der Waals surface area contributed by atoms with Crippen LogP contribution in [0.1, 0.15) is 49.6 Å². The van der Waals surface area contributed by atoms with Crippen LogP contribution in [0, 0.1) is 11.8 Å². The van der Waals surface area contributed by atoms with E-state index in [2.05, 4.69) is 20.3 Å². The summed E-state index contributed by atoms with van der Waals surface area (Å²) >= 11 is 1.33. The first-order chi connectivity index (χ1) is 15.7. The maximum absolute atomic E-state index is 12.9. The summed E-state index contributed by atoms with van der Waals surface area (Å²) in [7, 11) is 0. The zero-order chi connectivity index (χ0) is 23.6. The molecule has 1 atom stereocenters. The zero-order valence-corrected chi connectivity index (χ0v) is 18.7. The van der Waals surface area contributed by atoms with E-state index in [0.717, 1.165) is 4.88 Å². The number of anilines is 2. The second-order valence-corrected chi connectivity index (χ2v) is 9.40. The van der Waals surface area contributed by atoms with E-state index in [1.165, 1.54) is 29.7 Å². The predicted molar refractivity (Wildman–Crippen MR) is 120 cm³/mol. The van der Waals surface area contributed by atoms with Gasteiger partial charge in [0.1, 0.15) is 22.2 Å². The molecule has 0 aliphatic heterocycles. The molecule has 0 amide bonds. The monoisotopic (exact) mass is 474 g/mol.